The molecule has 0 saturated carbocycles. The van der Waals surface area contributed by atoms with Crippen LogP contribution in [0.4, 0.5) is 4.79 Å². The first-order valence-corrected chi connectivity index (χ1v) is 11.3. The lowest BCUT2D eigenvalue weighted by Crippen LogP contribution is -2.51. The van der Waals surface area contributed by atoms with Crippen LogP contribution >= 0.6 is 0 Å². The van der Waals surface area contributed by atoms with Crippen molar-refractivity contribution >= 4 is 23.9 Å². The number of benzene rings is 2. The van der Waals surface area contributed by atoms with Gasteiger partial charge >= 0.3 is 12.1 Å². The average molecular weight is 480 g/mol. The number of alkyl carbamates (subject to hydrolysis) is 1. The lowest BCUT2D eigenvalue weighted by molar-refractivity contribution is -0.131. The Hall–Kier alpha value is -4.14. The highest BCUT2D eigenvalue weighted by molar-refractivity contribution is 5.89. The van der Waals surface area contributed by atoms with Crippen LogP contribution in [0.25, 0.3) is 11.1 Å². The van der Waals surface area contributed by atoms with Gasteiger partial charge in [-0.3, -0.25) is 9.59 Å². The topological polar surface area (TPSA) is 134 Å². The second-order valence-corrected chi connectivity index (χ2v) is 8.45. The van der Waals surface area contributed by atoms with Crippen LogP contribution < -0.4 is 16.0 Å². The van der Waals surface area contributed by atoms with E-state index in [-0.39, 0.29) is 31.5 Å². The third-order valence-electron chi connectivity index (χ3n) is 5.67. The van der Waals surface area contributed by atoms with Gasteiger partial charge in [-0.15, -0.1) is 0 Å². The Bertz CT molecular complexity index is 1080. The summed E-state index contributed by atoms with van der Waals surface area (Å²) >= 11 is 0. The summed E-state index contributed by atoms with van der Waals surface area (Å²) in [6.07, 6.45) is 1.47. The van der Waals surface area contributed by atoms with E-state index in [1.165, 1.54) is 6.08 Å². The van der Waals surface area contributed by atoms with Crippen molar-refractivity contribution < 1.29 is 29.0 Å². The van der Waals surface area contributed by atoms with Gasteiger partial charge in [-0.1, -0.05) is 68.5 Å². The predicted molar refractivity (Wildman–Crippen MR) is 130 cm³/mol. The summed E-state index contributed by atoms with van der Waals surface area (Å²) < 4.78 is 5.52. The zero-order valence-corrected chi connectivity index (χ0v) is 19.6. The zero-order valence-electron chi connectivity index (χ0n) is 19.6. The molecule has 184 valence electrons. The highest BCUT2D eigenvalue weighted by atomic mass is 16.5. The molecule has 35 heavy (non-hydrogen) atoms. The van der Waals surface area contributed by atoms with Crippen LogP contribution in [0.1, 0.15) is 30.9 Å². The molecule has 0 radical (unpaired) electrons. The van der Waals surface area contributed by atoms with Crippen LogP contribution in [0, 0.1) is 5.92 Å². The molecule has 0 aromatic heterocycles. The number of carbonyl (C=O) groups excluding carboxylic acids is 3. The highest BCUT2D eigenvalue weighted by Crippen LogP contribution is 2.44. The predicted octanol–water partition coefficient (Wildman–Crippen LogP) is 2.42. The standard InChI is InChI=1S/C26H29N3O6/c1-16(2)24(25(33)28-14-22(30)27-13-7-12-23(31)32)29-26(34)35-15-21-19-10-5-3-8-17(19)18-9-4-6-11-20(18)21/h3-12,16,21,24H,13-15H2,1-2H3,(H,27,30)(H,28,33)(H,29,34)(H,31,32)/b12-7+/t24-/m0/s1. The molecule has 0 spiro atoms. The molecule has 9 nitrogen and oxygen atoms in total. The molecule has 1 atom stereocenters. The van der Waals surface area contributed by atoms with Crippen molar-refractivity contribution in [3.8, 4) is 11.1 Å². The maximum atomic E-state index is 12.6. The highest BCUT2D eigenvalue weighted by Gasteiger charge is 2.30. The lowest BCUT2D eigenvalue weighted by Gasteiger charge is -2.22. The maximum Gasteiger partial charge on any atom is 0.407 e. The summed E-state index contributed by atoms with van der Waals surface area (Å²) in [5, 5.41) is 16.1. The Morgan fingerprint density at radius 2 is 1.57 bits per heavy atom. The lowest BCUT2D eigenvalue weighted by atomic mass is 9.98. The summed E-state index contributed by atoms with van der Waals surface area (Å²) in [5.41, 5.74) is 4.41. The quantitative estimate of drug-likeness (QED) is 0.387. The molecular formula is C26H29N3O6. The third kappa shape index (κ3) is 6.69. The molecule has 2 aromatic rings. The molecular weight excluding hydrogens is 450 g/mol. The second-order valence-electron chi connectivity index (χ2n) is 8.45. The number of carboxylic acids is 1. The van der Waals surface area contributed by atoms with E-state index in [2.05, 4.69) is 16.0 Å². The van der Waals surface area contributed by atoms with Crippen LogP contribution in [0.3, 0.4) is 0 Å². The van der Waals surface area contributed by atoms with Crippen molar-refractivity contribution in [3.05, 3.63) is 71.8 Å². The van der Waals surface area contributed by atoms with E-state index in [0.29, 0.717) is 0 Å². The number of ether oxygens (including phenoxy) is 1. The van der Waals surface area contributed by atoms with Gasteiger partial charge in [0.15, 0.2) is 0 Å². The Balaban J connectivity index is 1.52. The van der Waals surface area contributed by atoms with Crippen molar-refractivity contribution in [2.75, 3.05) is 19.7 Å². The Morgan fingerprint density at radius 1 is 0.971 bits per heavy atom. The van der Waals surface area contributed by atoms with Crippen molar-refractivity contribution in [1.29, 1.82) is 0 Å². The molecule has 9 heteroatoms. The van der Waals surface area contributed by atoms with Gasteiger partial charge in [0.05, 0.1) is 6.54 Å². The first-order valence-electron chi connectivity index (χ1n) is 11.3. The smallest absolute Gasteiger partial charge is 0.407 e. The molecule has 3 amide bonds. The molecule has 1 aliphatic rings. The van der Waals surface area contributed by atoms with Crippen LogP contribution in [0.15, 0.2) is 60.7 Å². The van der Waals surface area contributed by atoms with Crippen LogP contribution in [0.2, 0.25) is 0 Å². The summed E-state index contributed by atoms with van der Waals surface area (Å²) in [5.74, 6) is -2.48. The molecule has 0 heterocycles. The van der Waals surface area contributed by atoms with Crippen molar-refractivity contribution in [3.63, 3.8) is 0 Å². The Kier molecular flexibility index (Phi) is 8.61. The number of hydrogen-bond acceptors (Lipinski definition) is 5. The fraction of sp³-hybridized carbons (Fsp3) is 0.308. The second kappa shape index (κ2) is 11.8. The summed E-state index contributed by atoms with van der Waals surface area (Å²) in [7, 11) is 0. The fourth-order valence-corrected chi connectivity index (χ4v) is 3.97. The molecule has 0 saturated heterocycles. The van der Waals surface area contributed by atoms with Gasteiger partial charge in [0.2, 0.25) is 11.8 Å². The van der Waals surface area contributed by atoms with Crippen LogP contribution in [0.5, 0.6) is 0 Å². The largest absolute Gasteiger partial charge is 0.478 e. The van der Waals surface area contributed by atoms with E-state index in [9.17, 15) is 19.2 Å². The first kappa shape index (κ1) is 25.5. The summed E-state index contributed by atoms with van der Waals surface area (Å²) in [6, 6.07) is 15.1. The maximum absolute atomic E-state index is 12.6. The van der Waals surface area contributed by atoms with Crippen LogP contribution in [-0.2, 0) is 19.1 Å². The number of hydrogen-bond donors (Lipinski definition) is 4. The fourth-order valence-electron chi connectivity index (χ4n) is 3.97. The van der Waals surface area contributed by atoms with Gasteiger partial charge < -0.3 is 25.8 Å². The van der Waals surface area contributed by atoms with Gasteiger partial charge in [0.25, 0.3) is 0 Å². The zero-order chi connectivity index (χ0) is 25.4. The monoisotopic (exact) mass is 479 g/mol. The molecule has 3 rings (SSSR count). The van der Waals surface area contributed by atoms with Gasteiger partial charge in [-0.05, 0) is 28.2 Å². The number of carboxylic acid groups (broad SMARTS) is 1. The molecule has 0 unspecified atom stereocenters. The number of amides is 3. The minimum Gasteiger partial charge on any atom is -0.478 e. The normalized spacial score (nSPS) is 13.1. The molecule has 2 aromatic carbocycles. The van der Waals surface area contributed by atoms with Gasteiger partial charge in [0.1, 0.15) is 12.6 Å². The van der Waals surface area contributed by atoms with E-state index in [1.54, 1.807) is 13.8 Å². The minimum absolute atomic E-state index is 0.0204. The van der Waals surface area contributed by atoms with Crippen molar-refractivity contribution in [1.82, 2.24) is 16.0 Å². The van der Waals surface area contributed by atoms with E-state index in [1.807, 2.05) is 48.5 Å². The average Bonchev–Trinajstić information content (AvgIpc) is 3.16. The van der Waals surface area contributed by atoms with E-state index in [0.717, 1.165) is 28.3 Å². The van der Waals surface area contributed by atoms with Crippen molar-refractivity contribution in [2.45, 2.75) is 25.8 Å². The number of rotatable bonds is 10. The molecule has 0 aliphatic heterocycles. The molecule has 0 fully saturated rings. The van der Waals surface area contributed by atoms with Gasteiger partial charge in [-0.25, -0.2) is 9.59 Å². The SMILES string of the molecule is CC(C)[C@H](NC(=O)OCC1c2ccccc2-c2ccccc21)C(=O)NCC(=O)NC/C=C/C(=O)O. The number of nitrogens with one attached hydrogen (secondary N) is 3. The van der Waals surface area contributed by atoms with E-state index < -0.39 is 29.9 Å². The number of carbonyl (C=O) groups is 4. The molecule has 0 bridgehead atoms. The Morgan fingerprint density at radius 3 is 2.14 bits per heavy atom. The van der Waals surface area contributed by atoms with Gasteiger partial charge in [-0.2, -0.15) is 0 Å². The minimum atomic E-state index is -1.12. The first-order chi connectivity index (χ1) is 16.8. The number of fused-ring (bicyclic) bond motifs is 3. The van der Waals surface area contributed by atoms with E-state index in [4.69, 9.17) is 9.84 Å². The summed E-state index contributed by atoms with van der Waals surface area (Å²) in [6.45, 7) is 3.37. The van der Waals surface area contributed by atoms with Crippen molar-refractivity contribution in [2.24, 2.45) is 5.92 Å². The number of aliphatic carboxylic acids is 1. The molecule has 1 aliphatic carbocycles. The van der Waals surface area contributed by atoms with Crippen LogP contribution in [-0.4, -0.2) is 54.7 Å². The third-order valence-corrected chi connectivity index (χ3v) is 5.67. The molecule has 4 N–H and O–H groups in total. The van der Waals surface area contributed by atoms with E-state index >= 15 is 0 Å². The Labute approximate surface area is 203 Å². The summed E-state index contributed by atoms with van der Waals surface area (Å²) in [4.78, 5) is 47.4. The van der Waals surface area contributed by atoms with Gasteiger partial charge in [0, 0.05) is 18.5 Å².